The van der Waals surface area contributed by atoms with Crippen LogP contribution in [0.15, 0.2) is 30.5 Å². The Morgan fingerprint density at radius 2 is 2.17 bits per heavy atom. The molecule has 0 fully saturated rings. The van der Waals surface area contributed by atoms with Crippen LogP contribution in [-0.4, -0.2) is 22.7 Å². The average Bonchev–Trinajstić information content (AvgIpc) is 2.36. The van der Waals surface area contributed by atoms with E-state index in [1.54, 1.807) is 0 Å². The van der Waals surface area contributed by atoms with Gasteiger partial charge in [0, 0.05) is 17.5 Å². The summed E-state index contributed by atoms with van der Waals surface area (Å²) < 4.78 is 0. The monoisotopic (exact) mass is 246 g/mol. The molecule has 1 atom stereocenters. The van der Waals surface area contributed by atoms with Crippen LogP contribution in [0.4, 0.5) is 10.5 Å². The van der Waals surface area contributed by atoms with Crippen molar-refractivity contribution in [2.45, 2.75) is 6.04 Å². The Morgan fingerprint density at radius 3 is 2.89 bits per heavy atom. The lowest BCUT2D eigenvalue weighted by atomic mass is 10.0. The fraction of sp³-hybridized carbons (Fsp3) is 0.167. The zero-order valence-electron chi connectivity index (χ0n) is 9.63. The maximum Gasteiger partial charge on any atom is 0.404 e. The van der Waals surface area contributed by atoms with Gasteiger partial charge in [-0.2, -0.15) is 0 Å². The van der Waals surface area contributed by atoms with Gasteiger partial charge >= 0.3 is 6.09 Å². The van der Waals surface area contributed by atoms with Gasteiger partial charge in [0.25, 0.3) is 0 Å². The molecular weight excluding hydrogens is 232 g/mol. The Labute approximate surface area is 104 Å². The van der Waals surface area contributed by atoms with Gasteiger partial charge in [-0.05, 0) is 6.07 Å². The van der Waals surface area contributed by atoms with E-state index < -0.39 is 12.1 Å². The van der Waals surface area contributed by atoms with Crippen molar-refractivity contribution in [1.82, 2.24) is 10.3 Å². The highest BCUT2D eigenvalue weighted by Gasteiger charge is 2.14. The third-order valence-electron chi connectivity index (χ3n) is 2.69. The summed E-state index contributed by atoms with van der Waals surface area (Å²) in [6.45, 7) is 0.105. The van der Waals surface area contributed by atoms with Gasteiger partial charge in [-0.15, -0.1) is 0 Å². The predicted molar refractivity (Wildman–Crippen MR) is 69.1 cm³/mol. The molecule has 1 heterocycles. The number of hydrogen-bond donors (Lipinski definition) is 4. The number of para-hydroxylation sites is 1. The summed E-state index contributed by atoms with van der Waals surface area (Å²) in [5.74, 6) is 0. The lowest BCUT2D eigenvalue weighted by Gasteiger charge is -2.16. The van der Waals surface area contributed by atoms with Gasteiger partial charge in [-0.25, -0.2) is 4.79 Å². The van der Waals surface area contributed by atoms with Crippen LogP contribution in [0.2, 0.25) is 0 Å². The van der Waals surface area contributed by atoms with Gasteiger partial charge in [0.2, 0.25) is 0 Å². The fourth-order valence-electron chi connectivity index (χ4n) is 1.89. The van der Waals surface area contributed by atoms with E-state index in [1.165, 1.54) is 6.20 Å². The first-order chi connectivity index (χ1) is 8.59. The number of fused-ring (bicyclic) bond motifs is 1. The first-order valence-electron chi connectivity index (χ1n) is 5.45. The molecule has 1 aromatic carbocycles. The molecule has 94 valence electrons. The number of nitrogens with two attached hydrogens (primary N) is 2. The number of nitrogens with one attached hydrogen (secondary N) is 1. The summed E-state index contributed by atoms with van der Waals surface area (Å²) in [5.41, 5.74) is 13.8. The van der Waals surface area contributed by atoms with Gasteiger partial charge < -0.3 is 21.9 Å². The number of nitrogen functional groups attached to an aromatic ring is 1. The van der Waals surface area contributed by atoms with Crippen LogP contribution in [0.3, 0.4) is 0 Å². The van der Waals surface area contributed by atoms with E-state index in [-0.39, 0.29) is 6.54 Å². The van der Waals surface area contributed by atoms with Crippen LogP contribution in [0.5, 0.6) is 0 Å². The zero-order chi connectivity index (χ0) is 13.1. The van der Waals surface area contributed by atoms with Crippen molar-refractivity contribution in [3.63, 3.8) is 0 Å². The number of amides is 1. The number of rotatable bonds is 3. The van der Waals surface area contributed by atoms with Crippen molar-refractivity contribution in [3.8, 4) is 0 Å². The van der Waals surface area contributed by atoms with E-state index in [0.717, 1.165) is 10.9 Å². The molecule has 6 heteroatoms. The first kappa shape index (κ1) is 12.1. The number of pyridine rings is 1. The Balaban J connectivity index is 2.42. The van der Waals surface area contributed by atoms with Gasteiger partial charge in [0.05, 0.1) is 23.4 Å². The molecule has 2 rings (SSSR count). The van der Waals surface area contributed by atoms with Crippen molar-refractivity contribution in [1.29, 1.82) is 0 Å². The van der Waals surface area contributed by atoms with Crippen LogP contribution >= 0.6 is 0 Å². The van der Waals surface area contributed by atoms with Crippen molar-refractivity contribution in [2.75, 3.05) is 12.3 Å². The molecule has 0 aliphatic rings. The molecule has 0 bridgehead atoms. The fourth-order valence-corrected chi connectivity index (χ4v) is 1.89. The smallest absolute Gasteiger partial charge is 0.404 e. The molecule has 1 amide bonds. The molecule has 1 aromatic heterocycles. The average molecular weight is 246 g/mol. The zero-order valence-corrected chi connectivity index (χ0v) is 9.63. The van der Waals surface area contributed by atoms with E-state index >= 15 is 0 Å². The Bertz CT molecular complexity index is 585. The molecule has 0 saturated carbocycles. The Hall–Kier alpha value is -2.34. The highest BCUT2D eigenvalue weighted by atomic mass is 16.4. The first-order valence-corrected chi connectivity index (χ1v) is 5.45. The van der Waals surface area contributed by atoms with Gasteiger partial charge in [-0.1, -0.05) is 18.2 Å². The van der Waals surface area contributed by atoms with Gasteiger partial charge in [0.15, 0.2) is 0 Å². The molecule has 6 nitrogen and oxygen atoms in total. The van der Waals surface area contributed by atoms with Crippen LogP contribution in [0.1, 0.15) is 11.6 Å². The summed E-state index contributed by atoms with van der Waals surface area (Å²) >= 11 is 0. The SMILES string of the molecule is Nc1cnc2ccccc2c1C(N)CNC(=O)O. The van der Waals surface area contributed by atoms with E-state index in [4.69, 9.17) is 16.6 Å². The number of aromatic nitrogens is 1. The molecule has 0 spiro atoms. The van der Waals surface area contributed by atoms with Crippen LogP contribution in [-0.2, 0) is 0 Å². The minimum Gasteiger partial charge on any atom is -0.465 e. The van der Waals surface area contributed by atoms with E-state index in [2.05, 4.69) is 10.3 Å². The second-order valence-corrected chi connectivity index (χ2v) is 3.94. The van der Waals surface area contributed by atoms with Crippen molar-refractivity contribution >= 4 is 22.7 Å². The minimum atomic E-state index is -1.11. The lowest BCUT2D eigenvalue weighted by molar-refractivity contribution is 0.194. The van der Waals surface area contributed by atoms with Gasteiger partial charge in [-0.3, -0.25) is 4.98 Å². The number of benzene rings is 1. The van der Waals surface area contributed by atoms with Crippen molar-refractivity contribution in [2.24, 2.45) is 5.73 Å². The number of anilines is 1. The predicted octanol–water partition coefficient (Wildman–Crippen LogP) is 1.08. The highest BCUT2D eigenvalue weighted by Crippen LogP contribution is 2.26. The second kappa shape index (κ2) is 4.89. The molecule has 0 aliphatic heterocycles. The molecule has 0 aliphatic carbocycles. The van der Waals surface area contributed by atoms with Crippen LogP contribution < -0.4 is 16.8 Å². The van der Waals surface area contributed by atoms with Crippen molar-refractivity contribution in [3.05, 3.63) is 36.0 Å². The summed E-state index contributed by atoms with van der Waals surface area (Å²) in [4.78, 5) is 14.7. The minimum absolute atomic E-state index is 0.105. The molecule has 2 aromatic rings. The van der Waals surface area contributed by atoms with E-state index in [0.29, 0.717) is 11.3 Å². The standard InChI is InChI=1S/C12H14N4O2/c13-8-5-15-10-4-2-1-3-7(10)11(8)9(14)6-16-12(17)18/h1-5,9,16H,6,13-14H2,(H,17,18). The van der Waals surface area contributed by atoms with E-state index in [1.807, 2.05) is 24.3 Å². The van der Waals surface area contributed by atoms with Crippen molar-refractivity contribution < 1.29 is 9.90 Å². The quantitative estimate of drug-likeness (QED) is 0.647. The molecular formula is C12H14N4O2. The molecule has 0 saturated heterocycles. The maximum atomic E-state index is 10.5. The molecule has 0 radical (unpaired) electrons. The summed E-state index contributed by atoms with van der Waals surface area (Å²) in [6, 6.07) is 6.96. The van der Waals surface area contributed by atoms with Crippen LogP contribution in [0.25, 0.3) is 10.9 Å². The maximum absolute atomic E-state index is 10.5. The van der Waals surface area contributed by atoms with Crippen LogP contribution in [0, 0.1) is 0 Å². The van der Waals surface area contributed by atoms with Gasteiger partial charge in [0.1, 0.15) is 0 Å². The number of hydrogen-bond acceptors (Lipinski definition) is 4. The largest absolute Gasteiger partial charge is 0.465 e. The Kier molecular flexibility index (Phi) is 3.29. The lowest BCUT2D eigenvalue weighted by Crippen LogP contribution is -2.31. The number of carboxylic acid groups (broad SMARTS) is 1. The third-order valence-corrected chi connectivity index (χ3v) is 2.69. The number of carbonyl (C=O) groups is 1. The summed E-state index contributed by atoms with van der Waals surface area (Å²) in [6.07, 6.45) is 0.431. The Morgan fingerprint density at radius 1 is 1.44 bits per heavy atom. The molecule has 6 N–H and O–H groups in total. The second-order valence-electron chi connectivity index (χ2n) is 3.94. The third kappa shape index (κ3) is 2.33. The topological polar surface area (TPSA) is 114 Å². The number of nitrogens with zero attached hydrogens (tertiary/aromatic N) is 1. The highest BCUT2D eigenvalue weighted by molar-refractivity contribution is 5.86. The normalized spacial score (nSPS) is 12.3. The summed E-state index contributed by atoms with van der Waals surface area (Å²) in [7, 11) is 0. The molecule has 1 unspecified atom stereocenters. The molecule has 18 heavy (non-hydrogen) atoms. The summed E-state index contributed by atoms with van der Waals surface area (Å²) in [5, 5.41) is 11.7. The van der Waals surface area contributed by atoms with E-state index in [9.17, 15) is 4.79 Å².